The van der Waals surface area contributed by atoms with Gasteiger partial charge in [-0.2, -0.15) is 0 Å². The third-order valence-corrected chi connectivity index (χ3v) is 3.27. The Labute approximate surface area is 124 Å². The van der Waals surface area contributed by atoms with Gasteiger partial charge in [0.15, 0.2) is 0 Å². The zero-order chi connectivity index (χ0) is 15.2. The van der Waals surface area contributed by atoms with E-state index in [9.17, 15) is 9.90 Å². The van der Waals surface area contributed by atoms with E-state index in [1.807, 2.05) is 54.6 Å². The summed E-state index contributed by atoms with van der Waals surface area (Å²) in [5, 5.41) is 9.30. The first-order valence-electron chi connectivity index (χ1n) is 6.78. The molecule has 1 N–H and O–H groups in total. The summed E-state index contributed by atoms with van der Waals surface area (Å²) in [5.41, 5.74) is 0.877. The number of carbonyl (C=O) groups is 1. The van der Waals surface area contributed by atoms with Crippen LogP contribution in [0.4, 0.5) is 0 Å². The van der Waals surface area contributed by atoms with Gasteiger partial charge in [0.25, 0.3) is 0 Å². The van der Waals surface area contributed by atoms with Crippen LogP contribution in [0.15, 0.2) is 54.6 Å². The van der Waals surface area contributed by atoms with Gasteiger partial charge >= 0.3 is 5.97 Å². The van der Waals surface area contributed by atoms with Crippen molar-refractivity contribution >= 4 is 5.97 Å². The largest absolute Gasteiger partial charge is 0.480 e. The lowest BCUT2D eigenvalue weighted by atomic mass is 10.0. The molecule has 1 atom stereocenters. The summed E-state index contributed by atoms with van der Waals surface area (Å²) in [4.78, 5) is 13.0. The highest BCUT2D eigenvalue weighted by molar-refractivity contribution is 5.74. The van der Waals surface area contributed by atoms with Crippen molar-refractivity contribution in [3.8, 4) is 11.5 Å². The molecular weight excluding hydrogens is 266 g/mol. The molecule has 0 spiro atoms. The van der Waals surface area contributed by atoms with Crippen molar-refractivity contribution < 1.29 is 14.6 Å². The molecule has 4 heteroatoms. The van der Waals surface area contributed by atoms with E-state index in [4.69, 9.17) is 4.74 Å². The second-order valence-electron chi connectivity index (χ2n) is 5.04. The van der Waals surface area contributed by atoms with Crippen LogP contribution >= 0.6 is 0 Å². The topological polar surface area (TPSA) is 49.8 Å². The smallest absolute Gasteiger partial charge is 0.321 e. The lowest BCUT2D eigenvalue weighted by molar-refractivity contribution is -0.142. The Morgan fingerprint density at radius 2 is 1.71 bits per heavy atom. The summed E-state index contributed by atoms with van der Waals surface area (Å²) < 4.78 is 5.86. The Morgan fingerprint density at radius 1 is 1.10 bits per heavy atom. The number of benzene rings is 2. The normalized spacial score (nSPS) is 12.1. The number of carboxylic acid groups (broad SMARTS) is 1. The molecule has 0 unspecified atom stereocenters. The molecule has 2 rings (SSSR count). The molecule has 0 heterocycles. The van der Waals surface area contributed by atoms with Crippen molar-refractivity contribution in [2.45, 2.75) is 12.5 Å². The molecule has 0 aliphatic rings. The average molecular weight is 285 g/mol. The molecule has 4 nitrogen and oxygen atoms in total. The van der Waals surface area contributed by atoms with Gasteiger partial charge in [0, 0.05) is 6.42 Å². The summed E-state index contributed by atoms with van der Waals surface area (Å²) in [6, 6.07) is 16.4. The zero-order valence-electron chi connectivity index (χ0n) is 12.2. The van der Waals surface area contributed by atoms with Gasteiger partial charge in [-0.1, -0.05) is 36.4 Å². The Balaban J connectivity index is 2.22. The van der Waals surface area contributed by atoms with E-state index in [0.717, 1.165) is 11.3 Å². The lowest BCUT2D eigenvalue weighted by Gasteiger charge is -2.21. The molecule has 0 bridgehead atoms. The minimum atomic E-state index is -0.838. The first-order chi connectivity index (χ1) is 10.1. The monoisotopic (exact) mass is 285 g/mol. The van der Waals surface area contributed by atoms with Crippen molar-refractivity contribution in [1.29, 1.82) is 0 Å². The van der Waals surface area contributed by atoms with Crippen molar-refractivity contribution in [1.82, 2.24) is 4.90 Å². The molecule has 0 fully saturated rings. The third kappa shape index (κ3) is 4.07. The number of hydrogen-bond donors (Lipinski definition) is 1. The number of rotatable bonds is 6. The predicted octanol–water partition coefficient (Wildman–Crippen LogP) is 3.04. The summed E-state index contributed by atoms with van der Waals surface area (Å²) in [6.07, 6.45) is 0.394. The standard InChI is InChI=1S/C17H19NO3/c1-18(2)15(17(19)20)12-13-8-6-7-11-16(13)21-14-9-4-3-5-10-14/h3-11,15H,12H2,1-2H3,(H,19,20)/t15-/m0/s1. The van der Waals surface area contributed by atoms with Crippen LogP contribution in [0.2, 0.25) is 0 Å². The molecule has 0 saturated heterocycles. The van der Waals surface area contributed by atoms with E-state index < -0.39 is 12.0 Å². The molecule has 21 heavy (non-hydrogen) atoms. The number of carboxylic acids is 1. The third-order valence-electron chi connectivity index (χ3n) is 3.27. The van der Waals surface area contributed by atoms with E-state index in [1.165, 1.54) is 0 Å². The van der Waals surface area contributed by atoms with Crippen molar-refractivity contribution in [3.05, 3.63) is 60.2 Å². The van der Waals surface area contributed by atoms with Crippen LogP contribution in [0.1, 0.15) is 5.56 Å². The van der Waals surface area contributed by atoms with Gasteiger partial charge in [-0.05, 0) is 37.9 Å². The lowest BCUT2D eigenvalue weighted by Crippen LogP contribution is -2.37. The first kappa shape index (κ1) is 15.1. The van der Waals surface area contributed by atoms with Gasteiger partial charge in [0.1, 0.15) is 17.5 Å². The van der Waals surface area contributed by atoms with Gasteiger partial charge in [-0.3, -0.25) is 9.69 Å². The number of aliphatic carboxylic acids is 1. The number of ether oxygens (including phenoxy) is 1. The molecule has 2 aromatic rings. The SMILES string of the molecule is CN(C)[C@@H](Cc1ccccc1Oc1ccccc1)C(=O)O. The van der Waals surface area contributed by atoms with Crippen molar-refractivity contribution in [2.75, 3.05) is 14.1 Å². The highest BCUT2D eigenvalue weighted by atomic mass is 16.5. The molecule has 0 saturated carbocycles. The zero-order valence-corrected chi connectivity index (χ0v) is 12.2. The van der Waals surface area contributed by atoms with E-state index in [-0.39, 0.29) is 0 Å². The van der Waals surface area contributed by atoms with Gasteiger partial charge < -0.3 is 9.84 Å². The summed E-state index contributed by atoms with van der Waals surface area (Å²) in [6.45, 7) is 0. The Morgan fingerprint density at radius 3 is 2.33 bits per heavy atom. The van der Waals surface area contributed by atoms with Crippen LogP contribution in [0, 0.1) is 0 Å². The summed E-state index contributed by atoms with van der Waals surface area (Å²) in [5.74, 6) is 0.591. The Hall–Kier alpha value is -2.33. The van der Waals surface area contributed by atoms with E-state index >= 15 is 0 Å². The highest BCUT2D eigenvalue weighted by Crippen LogP contribution is 2.26. The molecule has 110 valence electrons. The van der Waals surface area contributed by atoms with Gasteiger partial charge in [0.05, 0.1) is 0 Å². The molecule has 0 aliphatic heterocycles. The minimum Gasteiger partial charge on any atom is -0.480 e. The second-order valence-corrected chi connectivity index (χ2v) is 5.04. The Bertz CT molecular complexity index is 596. The molecule has 0 amide bonds. The molecular formula is C17H19NO3. The average Bonchev–Trinajstić information content (AvgIpc) is 2.46. The number of likely N-dealkylation sites (N-methyl/N-ethyl adjacent to an activating group) is 1. The van der Waals surface area contributed by atoms with Gasteiger partial charge in [0.2, 0.25) is 0 Å². The van der Waals surface area contributed by atoms with Crippen LogP contribution in [0.5, 0.6) is 11.5 Å². The fraction of sp³-hybridized carbons (Fsp3) is 0.235. The van der Waals surface area contributed by atoms with E-state index in [0.29, 0.717) is 12.2 Å². The fourth-order valence-corrected chi connectivity index (χ4v) is 2.09. The fourth-order valence-electron chi connectivity index (χ4n) is 2.09. The van der Waals surface area contributed by atoms with Crippen molar-refractivity contribution in [3.63, 3.8) is 0 Å². The maximum atomic E-state index is 11.3. The van der Waals surface area contributed by atoms with E-state index in [1.54, 1.807) is 19.0 Å². The second kappa shape index (κ2) is 6.90. The van der Waals surface area contributed by atoms with Crippen LogP contribution in [-0.4, -0.2) is 36.1 Å². The maximum Gasteiger partial charge on any atom is 0.321 e. The van der Waals surface area contributed by atoms with Crippen LogP contribution in [0.3, 0.4) is 0 Å². The molecule has 0 radical (unpaired) electrons. The van der Waals surface area contributed by atoms with E-state index in [2.05, 4.69) is 0 Å². The van der Waals surface area contributed by atoms with Crippen LogP contribution in [0.25, 0.3) is 0 Å². The molecule has 0 aliphatic carbocycles. The minimum absolute atomic E-state index is 0.394. The Kier molecular flexibility index (Phi) is 4.95. The quantitative estimate of drug-likeness (QED) is 0.886. The first-order valence-corrected chi connectivity index (χ1v) is 6.78. The molecule has 0 aromatic heterocycles. The van der Waals surface area contributed by atoms with Gasteiger partial charge in [-0.25, -0.2) is 0 Å². The predicted molar refractivity (Wildman–Crippen MR) is 81.8 cm³/mol. The number of para-hydroxylation sites is 2. The van der Waals surface area contributed by atoms with Crippen molar-refractivity contribution in [2.24, 2.45) is 0 Å². The number of hydrogen-bond acceptors (Lipinski definition) is 3. The molecule has 2 aromatic carbocycles. The summed E-state index contributed by atoms with van der Waals surface area (Å²) in [7, 11) is 3.53. The highest BCUT2D eigenvalue weighted by Gasteiger charge is 2.21. The van der Waals surface area contributed by atoms with Gasteiger partial charge in [-0.15, -0.1) is 0 Å². The summed E-state index contributed by atoms with van der Waals surface area (Å²) >= 11 is 0. The van der Waals surface area contributed by atoms with Crippen LogP contribution in [-0.2, 0) is 11.2 Å². The maximum absolute atomic E-state index is 11.3. The number of nitrogens with zero attached hydrogens (tertiary/aromatic N) is 1. The van der Waals surface area contributed by atoms with Crippen LogP contribution < -0.4 is 4.74 Å².